The predicted molar refractivity (Wildman–Crippen MR) is 87.9 cm³/mol. The number of halogens is 1. The predicted octanol–water partition coefficient (Wildman–Crippen LogP) is 2.43. The summed E-state index contributed by atoms with van der Waals surface area (Å²) in [4.78, 5) is 36.0. The van der Waals surface area contributed by atoms with E-state index in [1.54, 1.807) is 31.4 Å². The first-order chi connectivity index (χ1) is 11.5. The van der Waals surface area contributed by atoms with E-state index in [-0.39, 0.29) is 18.9 Å². The Labute approximate surface area is 148 Å². The lowest BCUT2D eigenvalue weighted by molar-refractivity contribution is -0.141. The topological polar surface area (TPSA) is 82.1 Å². The summed E-state index contributed by atoms with van der Waals surface area (Å²) >= 11 is 3.42. The molecule has 2 atom stereocenters. The third-order valence-corrected chi connectivity index (χ3v) is 4.66. The number of methoxy groups -OCH3 is 2. The van der Waals surface area contributed by atoms with Crippen molar-refractivity contribution in [2.75, 3.05) is 20.8 Å². The SMILES string of the molecule is COC(=O)CCCN1C(=O)OC(C(Br)c2ccc(OC)cc2)C1=O. The lowest BCUT2D eigenvalue weighted by atomic mass is 10.1. The average molecular weight is 400 g/mol. The summed E-state index contributed by atoms with van der Waals surface area (Å²) in [5.41, 5.74) is 0.790. The number of hydrogen-bond acceptors (Lipinski definition) is 6. The second-order valence-electron chi connectivity index (χ2n) is 5.15. The van der Waals surface area contributed by atoms with E-state index in [1.807, 2.05) is 0 Å². The van der Waals surface area contributed by atoms with Crippen molar-refractivity contribution >= 4 is 33.9 Å². The van der Waals surface area contributed by atoms with Crippen molar-refractivity contribution in [1.82, 2.24) is 4.90 Å². The van der Waals surface area contributed by atoms with Gasteiger partial charge >= 0.3 is 12.1 Å². The molecule has 0 N–H and O–H groups in total. The molecule has 0 saturated carbocycles. The standard InChI is InChI=1S/C16H18BrNO6/c1-22-11-7-5-10(6-8-11)13(17)14-15(20)18(16(21)24-14)9-3-4-12(19)23-2/h5-8,13-14H,3-4,9H2,1-2H3. The molecule has 8 heteroatoms. The number of cyclic esters (lactones) is 1. The van der Waals surface area contributed by atoms with Crippen LogP contribution in [0.2, 0.25) is 0 Å². The number of carbonyl (C=O) groups excluding carboxylic acids is 3. The number of rotatable bonds is 7. The molecule has 1 aliphatic rings. The number of hydrogen-bond donors (Lipinski definition) is 0. The molecule has 1 aromatic rings. The highest BCUT2D eigenvalue weighted by Crippen LogP contribution is 2.34. The number of alkyl halides is 1. The monoisotopic (exact) mass is 399 g/mol. The van der Waals surface area contributed by atoms with Gasteiger partial charge in [0.1, 0.15) is 5.75 Å². The Morgan fingerprint density at radius 2 is 1.96 bits per heavy atom. The van der Waals surface area contributed by atoms with Crippen LogP contribution in [-0.2, 0) is 19.1 Å². The molecule has 0 bridgehead atoms. The minimum Gasteiger partial charge on any atom is -0.497 e. The molecule has 1 aromatic carbocycles. The van der Waals surface area contributed by atoms with Crippen LogP contribution >= 0.6 is 15.9 Å². The fourth-order valence-corrected chi connectivity index (χ4v) is 2.94. The largest absolute Gasteiger partial charge is 0.497 e. The minimum atomic E-state index is -0.941. The molecular formula is C16H18BrNO6. The van der Waals surface area contributed by atoms with Gasteiger partial charge in [-0.3, -0.25) is 9.59 Å². The number of imide groups is 1. The Balaban J connectivity index is 2.00. The van der Waals surface area contributed by atoms with Crippen LogP contribution < -0.4 is 4.74 Å². The summed E-state index contributed by atoms with van der Waals surface area (Å²) in [5.74, 6) is -0.122. The molecule has 2 amide bonds. The Bertz CT molecular complexity index is 617. The number of amides is 2. The van der Waals surface area contributed by atoms with Gasteiger partial charge in [-0.2, -0.15) is 0 Å². The second-order valence-corrected chi connectivity index (χ2v) is 6.14. The van der Waals surface area contributed by atoms with E-state index < -0.39 is 22.9 Å². The summed E-state index contributed by atoms with van der Waals surface area (Å²) in [5, 5.41) is 0. The van der Waals surface area contributed by atoms with Crippen LogP contribution in [0.25, 0.3) is 0 Å². The van der Waals surface area contributed by atoms with Crippen molar-refractivity contribution in [3.63, 3.8) is 0 Å². The van der Waals surface area contributed by atoms with Crippen molar-refractivity contribution in [2.45, 2.75) is 23.8 Å². The van der Waals surface area contributed by atoms with Gasteiger partial charge in [0, 0.05) is 13.0 Å². The van der Waals surface area contributed by atoms with E-state index in [0.29, 0.717) is 12.2 Å². The quantitative estimate of drug-likeness (QED) is 0.517. The summed E-state index contributed by atoms with van der Waals surface area (Å²) in [6, 6.07) is 7.11. The highest BCUT2D eigenvalue weighted by Gasteiger charge is 2.44. The molecule has 7 nitrogen and oxygen atoms in total. The van der Waals surface area contributed by atoms with E-state index >= 15 is 0 Å². The summed E-state index contributed by atoms with van der Waals surface area (Å²) in [6.45, 7) is 0.117. The molecule has 24 heavy (non-hydrogen) atoms. The molecule has 1 aliphatic heterocycles. The van der Waals surface area contributed by atoms with Gasteiger partial charge in [0.2, 0.25) is 0 Å². The molecule has 130 valence electrons. The molecule has 0 aliphatic carbocycles. The van der Waals surface area contributed by atoms with Crippen molar-refractivity contribution in [2.24, 2.45) is 0 Å². The second kappa shape index (κ2) is 8.14. The molecule has 2 unspecified atom stereocenters. The van der Waals surface area contributed by atoms with Crippen molar-refractivity contribution < 1.29 is 28.6 Å². The number of ether oxygens (including phenoxy) is 3. The summed E-state index contributed by atoms with van der Waals surface area (Å²) in [7, 11) is 2.85. The number of carbonyl (C=O) groups is 3. The van der Waals surface area contributed by atoms with Gasteiger partial charge in [0.15, 0.2) is 6.10 Å². The highest BCUT2D eigenvalue weighted by atomic mass is 79.9. The summed E-state index contributed by atoms with van der Waals surface area (Å²) in [6.07, 6.45) is -1.18. The lowest BCUT2D eigenvalue weighted by Crippen LogP contribution is -2.33. The zero-order valence-corrected chi connectivity index (χ0v) is 14.9. The zero-order valence-electron chi connectivity index (χ0n) is 13.4. The van der Waals surface area contributed by atoms with E-state index in [0.717, 1.165) is 10.5 Å². The fraction of sp³-hybridized carbons (Fsp3) is 0.438. The maximum atomic E-state index is 12.4. The molecule has 1 saturated heterocycles. The van der Waals surface area contributed by atoms with Gasteiger partial charge < -0.3 is 14.2 Å². The molecule has 1 fully saturated rings. The normalized spacial score (nSPS) is 18.3. The first-order valence-electron chi connectivity index (χ1n) is 7.34. The first kappa shape index (κ1) is 18.3. The van der Waals surface area contributed by atoms with Gasteiger partial charge in [-0.1, -0.05) is 28.1 Å². The molecule has 0 spiro atoms. The van der Waals surface area contributed by atoms with E-state index in [9.17, 15) is 14.4 Å². The Hall–Kier alpha value is -2.09. The zero-order chi connectivity index (χ0) is 17.7. The Kier molecular flexibility index (Phi) is 6.19. The number of nitrogens with zero attached hydrogens (tertiary/aromatic N) is 1. The Morgan fingerprint density at radius 1 is 1.29 bits per heavy atom. The maximum absolute atomic E-state index is 12.4. The smallest absolute Gasteiger partial charge is 0.417 e. The van der Waals surface area contributed by atoms with Crippen molar-refractivity contribution in [3.05, 3.63) is 29.8 Å². The number of esters is 1. The third-order valence-electron chi connectivity index (χ3n) is 3.65. The van der Waals surface area contributed by atoms with Gasteiger partial charge in [-0.25, -0.2) is 9.69 Å². The van der Waals surface area contributed by atoms with Crippen LogP contribution in [0.3, 0.4) is 0 Å². The third kappa shape index (κ3) is 4.05. The highest BCUT2D eigenvalue weighted by molar-refractivity contribution is 9.09. The van der Waals surface area contributed by atoms with Gasteiger partial charge in [-0.15, -0.1) is 0 Å². The average Bonchev–Trinajstić information content (AvgIpc) is 2.89. The molecular weight excluding hydrogens is 382 g/mol. The van der Waals surface area contributed by atoms with E-state index in [4.69, 9.17) is 9.47 Å². The van der Waals surface area contributed by atoms with Gasteiger partial charge in [0.05, 0.1) is 19.0 Å². The van der Waals surface area contributed by atoms with Crippen molar-refractivity contribution in [1.29, 1.82) is 0 Å². The lowest BCUT2D eigenvalue weighted by Gasteiger charge is -2.15. The fourth-order valence-electron chi connectivity index (χ4n) is 2.30. The summed E-state index contributed by atoms with van der Waals surface area (Å²) < 4.78 is 14.8. The van der Waals surface area contributed by atoms with E-state index in [2.05, 4.69) is 20.7 Å². The maximum Gasteiger partial charge on any atom is 0.417 e. The number of benzene rings is 1. The molecule has 0 radical (unpaired) electrons. The van der Waals surface area contributed by atoms with Crippen LogP contribution in [0.5, 0.6) is 5.75 Å². The molecule has 1 heterocycles. The van der Waals surface area contributed by atoms with Crippen LogP contribution in [-0.4, -0.2) is 49.7 Å². The van der Waals surface area contributed by atoms with Crippen LogP contribution in [0.1, 0.15) is 23.2 Å². The van der Waals surface area contributed by atoms with Crippen LogP contribution in [0.4, 0.5) is 4.79 Å². The first-order valence-corrected chi connectivity index (χ1v) is 8.26. The van der Waals surface area contributed by atoms with Gasteiger partial charge in [0.25, 0.3) is 5.91 Å². The molecule has 0 aromatic heterocycles. The Morgan fingerprint density at radius 3 is 2.54 bits per heavy atom. The van der Waals surface area contributed by atoms with E-state index in [1.165, 1.54) is 7.11 Å². The van der Waals surface area contributed by atoms with Crippen molar-refractivity contribution in [3.8, 4) is 5.75 Å². The van der Waals surface area contributed by atoms with Crippen LogP contribution in [0, 0.1) is 0 Å². The molecule has 2 rings (SSSR count). The van der Waals surface area contributed by atoms with Crippen LogP contribution in [0.15, 0.2) is 24.3 Å². The minimum absolute atomic E-state index is 0.117. The van der Waals surface area contributed by atoms with Gasteiger partial charge in [-0.05, 0) is 24.1 Å².